The van der Waals surface area contributed by atoms with Gasteiger partial charge in [0.05, 0.1) is 7.11 Å². The van der Waals surface area contributed by atoms with Crippen LogP contribution in [0.1, 0.15) is 43.0 Å². The molecule has 22 heavy (non-hydrogen) atoms. The molecule has 2 saturated heterocycles. The fourth-order valence-corrected chi connectivity index (χ4v) is 4.02. The summed E-state index contributed by atoms with van der Waals surface area (Å²) in [5.41, 5.74) is 0.772. The van der Waals surface area contributed by atoms with Crippen molar-refractivity contribution in [1.82, 2.24) is 9.80 Å². The second kappa shape index (κ2) is 6.69. The molecule has 120 valence electrons. The van der Waals surface area contributed by atoms with E-state index in [2.05, 4.69) is 16.7 Å². The Balaban J connectivity index is 1.75. The summed E-state index contributed by atoms with van der Waals surface area (Å²) in [6.07, 6.45) is 4.76. The van der Waals surface area contributed by atoms with Gasteiger partial charge in [0.2, 0.25) is 0 Å². The van der Waals surface area contributed by atoms with Crippen LogP contribution in [0, 0.1) is 0 Å². The van der Waals surface area contributed by atoms with E-state index in [1.807, 2.05) is 24.3 Å². The molecule has 4 nitrogen and oxygen atoms in total. The van der Waals surface area contributed by atoms with Crippen LogP contribution in [0.3, 0.4) is 0 Å². The van der Waals surface area contributed by atoms with Gasteiger partial charge in [-0.2, -0.15) is 0 Å². The van der Waals surface area contributed by atoms with Gasteiger partial charge in [-0.25, -0.2) is 0 Å². The predicted octanol–water partition coefficient (Wildman–Crippen LogP) is 2.78. The van der Waals surface area contributed by atoms with Gasteiger partial charge in [0, 0.05) is 24.2 Å². The molecule has 1 aromatic rings. The third-order valence-corrected chi connectivity index (χ3v) is 5.16. The van der Waals surface area contributed by atoms with Crippen molar-refractivity contribution in [1.29, 1.82) is 0 Å². The first kappa shape index (κ1) is 15.3. The van der Waals surface area contributed by atoms with Crippen LogP contribution in [0.5, 0.6) is 5.75 Å². The molecule has 0 bridgehead atoms. The molecule has 0 spiro atoms. The lowest BCUT2D eigenvalue weighted by molar-refractivity contribution is 0.0650. The zero-order valence-electron chi connectivity index (χ0n) is 13.6. The molecule has 2 heterocycles. The second-order valence-electron chi connectivity index (χ2n) is 6.27. The third-order valence-electron chi connectivity index (χ3n) is 5.16. The zero-order valence-corrected chi connectivity index (χ0v) is 13.6. The molecular formula is C18H26N2O2. The molecule has 2 fully saturated rings. The number of hydrogen-bond donors (Lipinski definition) is 0. The summed E-state index contributed by atoms with van der Waals surface area (Å²) in [6.45, 7) is 5.39. The van der Waals surface area contributed by atoms with Crippen LogP contribution >= 0.6 is 0 Å². The molecule has 0 aliphatic carbocycles. The fraction of sp³-hybridized carbons (Fsp3) is 0.611. The van der Waals surface area contributed by atoms with Gasteiger partial charge in [0.15, 0.2) is 0 Å². The highest BCUT2D eigenvalue weighted by Gasteiger charge is 2.39. The molecule has 0 saturated carbocycles. The van der Waals surface area contributed by atoms with Crippen LogP contribution in [-0.2, 0) is 0 Å². The molecule has 2 aliphatic heterocycles. The van der Waals surface area contributed by atoms with Gasteiger partial charge in [-0.3, -0.25) is 9.69 Å². The number of rotatable bonds is 4. The zero-order chi connectivity index (χ0) is 15.5. The lowest BCUT2D eigenvalue weighted by Crippen LogP contribution is -2.48. The molecule has 0 radical (unpaired) electrons. The Kier molecular flexibility index (Phi) is 4.67. The summed E-state index contributed by atoms with van der Waals surface area (Å²) in [4.78, 5) is 17.5. The molecule has 0 unspecified atom stereocenters. The van der Waals surface area contributed by atoms with Crippen molar-refractivity contribution in [3.05, 3.63) is 29.8 Å². The number of carbonyl (C=O) groups excluding carboxylic acids is 1. The van der Waals surface area contributed by atoms with Crippen LogP contribution in [-0.4, -0.2) is 54.5 Å². The summed E-state index contributed by atoms with van der Waals surface area (Å²) in [7, 11) is 1.65. The minimum Gasteiger partial charge on any atom is -0.497 e. The van der Waals surface area contributed by atoms with Gasteiger partial charge in [-0.05, 0) is 63.0 Å². The maximum Gasteiger partial charge on any atom is 0.254 e. The molecule has 3 rings (SSSR count). The van der Waals surface area contributed by atoms with E-state index in [9.17, 15) is 4.79 Å². The van der Waals surface area contributed by atoms with E-state index in [0.717, 1.165) is 37.2 Å². The van der Waals surface area contributed by atoms with Crippen molar-refractivity contribution < 1.29 is 9.53 Å². The van der Waals surface area contributed by atoms with E-state index in [1.165, 1.54) is 19.4 Å². The Hall–Kier alpha value is -1.55. The molecule has 0 aromatic heterocycles. The second-order valence-corrected chi connectivity index (χ2v) is 6.27. The number of amides is 1. The van der Waals surface area contributed by atoms with Gasteiger partial charge in [0.1, 0.15) is 5.75 Å². The van der Waals surface area contributed by atoms with Gasteiger partial charge in [0.25, 0.3) is 5.91 Å². The van der Waals surface area contributed by atoms with Crippen LogP contribution in [0.2, 0.25) is 0 Å². The highest BCUT2D eigenvalue weighted by Crippen LogP contribution is 2.31. The lowest BCUT2D eigenvalue weighted by Gasteiger charge is -2.34. The number of ether oxygens (including phenoxy) is 1. The van der Waals surface area contributed by atoms with Gasteiger partial charge in [-0.1, -0.05) is 6.92 Å². The van der Waals surface area contributed by atoms with Crippen LogP contribution < -0.4 is 4.74 Å². The molecule has 1 amide bonds. The van der Waals surface area contributed by atoms with Crippen molar-refractivity contribution >= 4 is 5.91 Å². The normalized spacial score (nSPS) is 25.6. The molecular weight excluding hydrogens is 276 g/mol. The number of hydrogen-bond acceptors (Lipinski definition) is 3. The fourth-order valence-electron chi connectivity index (χ4n) is 4.02. The number of likely N-dealkylation sites (N-methyl/N-ethyl adjacent to an activating group) is 1. The van der Waals surface area contributed by atoms with E-state index < -0.39 is 0 Å². The average molecular weight is 302 g/mol. The smallest absolute Gasteiger partial charge is 0.254 e. The Morgan fingerprint density at radius 3 is 2.50 bits per heavy atom. The van der Waals surface area contributed by atoms with E-state index in [4.69, 9.17) is 4.74 Å². The standard InChI is InChI=1S/C18H26N2O2/c1-3-19-12-4-6-16(19)17-7-5-13-20(17)18(21)14-8-10-15(22-2)11-9-14/h8-11,16-17H,3-7,12-13H2,1-2H3/t16-,17+/m0/s1. The molecule has 1 aromatic carbocycles. The number of likely N-dealkylation sites (tertiary alicyclic amines) is 2. The van der Waals surface area contributed by atoms with E-state index in [-0.39, 0.29) is 5.91 Å². The summed E-state index contributed by atoms with van der Waals surface area (Å²) >= 11 is 0. The quantitative estimate of drug-likeness (QED) is 0.857. The highest BCUT2D eigenvalue weighted by molar-refractivity contribution is 5.94. The predicted molar refractivity (Wildman–Crippen MR) is 87.3 cm³/mol. The summed E-state index contributed by atoms with van der Waals surface area (Å²) < 4.78 is 5.17. The lowest BCUT2D eigenvalue weighted by atomic mass is 10.0. The topological polar surface area (TPSA) is 32.8 Å². The first-order valence-corrected chi connectivity index (χ1v) is 8.43. The Morgan fingerprint density at radius 1 is 1.14 bits per heavy atom. The maximum absolute atomic E-state index is 12.9. The van der Waals surface area contributed by atoms with Crippen LogP contribution in [0.25, 0.3) is 0 Å². The van der Waals surface area contributed by atoms with Gasteiger partial charge >= 0.3 is 0 Å². The SMILES string of the molecule is CCN1CCC[C@H]1[C@H]1CCCN1C(=O)c1ccc(OC)cc1. The molecule has 4 heteroatoms. The summed E-state index contributed by atoms with van der Waals surface area (Å²) in [5, 5.41) is 0. The van der Waals surface area contributed by atoms with Crippen LogP contribution in [0.15, 0.2) is 24.3 Å². The third kappa shape index (κ3) is 2.84. The highest BCUT2D eigenvalue weighted by atomic mass is 16.5. The molecule has 0 N–H and O–H groups in total. The van der Waals surface area contributed by atoms with Crippen molar-refractivity contribution in [3.8, 4) is 5.75 Å². The van der Waals surface area contributed by atoms with Gasteiger partial charge < -0.3 is 9.64 Å². The Bertz CT molecular complexity index is 514. The monoisotopic (exact) mass is 302 g/mol. The van der Waals surface area contributed by atoms with Crippen LogP contribution in [0.4, 0.5) is 0 Å². The van der Waals surface area contributed by atoms with Crippen molar-refractivity contribution in [3.63, 3.8) is 0 Å². The first-order valence-electron chi connectivity index (χ1n) is 8.43. The maximum atomic E-state index is 12.9. The van der Waals surface area contributed by atoms with E-state index >= 15 is 0 Å². The largest absolute Gasteiger partial charge is 0.497 e. The molecule has 2 atom stereocenters. The number of carbonyl (C=O) groups is 1. The Labute approximate surface area is 133 Å². The van der Waals surface area contributed by atoms with E-state index in [0.29, 0.717) is 12.1 Å². The number of nitrogens with zero attached hydrogens (tertiary/aromatic N) is 2. The summed E-state index contributed by atoms with van der Waals surface area (Å²) in [5.74, 6) is 0.968. The number of methoxy groups -OCH3 is 1. The average Bonchev–Trinajstić information content (AvgIpc) is 3.22. The van der Waals surface area contributed by atoms with Crippen molar-refractivity contribution in [2.45, 2.75) is 44.7 Å². The Morgan fingerprint density at radius 2 is 1.82 bits per heavy atom. The summed E-state index contributed by atoms with van der Waals surface area (Å²) in [6, 6.07) is 8.43. The van der Waals surface area contributed by atoms with E-state index in [1.54, 1.807) is 7.11 Å². The van der Waals surface area contributed by atoms with Crippen molar-refractivity contribution in [2.75, 3.05) is 26.7 Å². The minimum absolute atomic E-state index is 0.174. The minimum atomic E-state index is 0.174. The first-order chi connectivity index (χ1) is 10.7. The van der Waals surface area contributed by atoms with Crippen molar-refractivity contribution in [2.24, 2.45) is 0 Å². The van der Waals surface area contributed by atoms with Gasteiger partial charge in [-0.15, -0.1) is 0 Å². The number of benzene rings is 1. The molecule has 2 aliphatic rings.